The number of benzene rings is 9. The zero-order chi connectivity index (χ0) is 37.5. The minimum Gasteiger partial charge on any atom is -0.456 e. The number of rotatable bonds is 5. The lowest BCUT2D eigenvalue weighted by atomic mass is 9.34. The predicted octanol–water partition coefficient (Wildman–Crippen LogP) is 11.8. The molecule has 3 heterocycles. The summed E-state index contributed by atoms with van der Waals surface area (Å²) in [6, 6.07) is 74.2. The summed E-state index contributed by atoms with van der Waals surface area (Å²) in [5, 5.41) is 4.68. The van der Waals surface area contributed by atoms with Crippen molar-refractivity contribution in [3.05, 3.63) is 206 Å². The molecule has 0 spiro atoms. The average molecular weight is 728 g/mol. The van der Waals surface area contributed by atoms with E-state index in [0.29, 0.717) is 0 Å². The van der Waals surface area contributed by atoms with Crippen molar-refractivity contribution in [3.8, 4) is 17.2 Å². The first-order valence-electron chi connectivity index (χ1n) is 19.6. The third-order valence-corrected chi connectivity index (χ3v) is 11.7. The quantitative estimate of drug-likeness (QED) is 0.165. The molecule has 1 aromatic heterocycles. The number of hydrogen-bond acceptors (Lipinski definition) is 3. The van der Waals surface area contributed by atoms with Crippen molar-refractivity contribution in [3.63, 3.8) is 0 Å². The van der Waals surface area contributed by atoms with E-state index in [9.17, 15) is 0 Å². The predicted molar refractivity (Wildman–Crippen MR) is 239 cm³/mol. The molecule has 9 aromatic carbocycles. The van der Waals surface area contributed by atoms with Crippen LogP contribution in [0.15, 0.2) is 206 Å². The van der Waals surface area contributed by atoms with Crippen molar-refractivity contribution in [1.82, 2.24) is 4.57 Å². The van der Waals surface area contributed by atoms with Crippen LogP contribution in [0.1, 0.15) is 0 Å². The van der Waals surface area contributed by atoms with Crippen molar-refractivity contribution in [2.24, 2.45) is 0 Å². The summed E-state index contributed by atoms with van der Waals surface area (Å²) in [6.07, 6.45) is 0. The summed E-state index contributed by atoms with van der Waals surface area (Å²) in [6.45, 7) is 0.00587. The van der Waals surface area contributed by atoms with E-state index in [1.807, 2.05) is 0 Å². The number of para-hydroxylation sites is 6. The van der Waals surface area contributed by atoms with Crippen LogP contribution in [0.5, 0.6) is 11.5 Å². The normalized spacial score (nSPS) is 12.6. The Morgan fingerprint density at radius 3 is 1.77 bits per heavy atom. The average Bonchev–Trinajstić information content (AvgIpc) is 3.59. The molecular formula is C52H34BN3O. The first-order valence-corrected chi connectivity index (χ1v) is 19.6. The van der Waals surface area contributed by atoms with Crippen LogP contribution in [-0.4, -0.2) is 11.3 Å². The topological polar surface area (TPSA) is 20.6 Å². The largest absolute Gasteiger partial charge is 0.456 e. The van der Waals surface area contributed by atoms with Crippen molar-refractivity contribution in [2.45, 2.75) is 0 Å². The third-order valence-electron chi connectivity index (χ3n) is 11.7. The van der Waals surface area contributed by atoms with Gasteiger partial charge in [0.2, 0.25) is 0 Å². The number of aromatic nitrogens is 1. The van der Waals surface area contributed by atoms with Crippen LogP contribution in [0.25, 0.3) is 38.3 Å². The molecule has 0 saturated heterocycles. The zero-order valence-corrected chi connectivity index (χ0v) is 31.0. The third kappa shape index (κ3) is 4.82. The molecule has 0 fully saturated rings. The fourth-order valence-electron chi connectivity index (χ4n) is 9.34. The van der Waals surface area contributed by atoms with Gasteiger partial charge in [0.1, 0.15) is 11.5 Å². The maximum atomic E-state index is 7.22. The Morgan fingerprint density at radius 2 is 1.05 bits per heavy atom. The van der Waals surface area contributed by atoms with Gasteiger partial charge in [0, 0.05) is 50.6 Å². The first-order chi connectivity index (χ1) is 28.3. The molecule has 0 atom stereocenters. The molecule has 0 N–H and O–H groups in total. The van der Waals surface area contributed by atoms with Gasteiger partial charge in [-0.05, 0) is 118 Å². The lowest BCUT2D eigenvalue weighted by molar-refractivity contribution is 0.491. The molecular weight excluding hydrogens is 693 g/mol. The summed E-state index contributed by atoms with van der Waals surface area (Å²) in [7, 11) is 0. The van der Waals surface area contributed by atoms with E-state index in [2.05, 4.69) is 221 Å². The van der Waals surface area contributed by atoms with E-state index >= 15 is 0 Å². The number of nitrogens with zero attached hydrogens (tertiary/aromatic N) is 3. The van der Waals surface area contributed by atoms with Gasteiger partial charge in [-0.25, -0.2) is 0 Å². The highest BCUT2D eigenvalue weighted by molar-refractivity contribution is 6.99. The second kappa shape index (κ2) is 12.5. The maximum Gasteiger partial charge on any atom is 0.256 e. The molecule has 2 aliphatic rings. The molecule has 12 rings (SSSR count). The van der Waals surface area contributed by atoms with Crippen LogP contribution in [0.4, 0.5) is 34.1 Å². The number of ether oxygens (including phenoxy) is 1. The Hall–Kier alpha value is -7.50. The minimum atomic E-state index is 0.00587. The summed E-state index contributed by atoms with van der Waals surface area (Å²) < 4.78 is 9.65. The van der Waals surface area contributed by atoms with E-state index in [0.717, 1.165) is 67.4 Å². The first kappa shape index (κ1) is 31.8. The lowest BCUT2D eigenvalue weighted by Crippen LogP contribution is -2.59. The second-order valence-corrected chi connectivity index (χ2v) is 14.9. The lowest BCUT2D eigenvalue weighted by Gasteiger charge is -2.40. The summed E-state index contributed by atoms with van der Waals surface area (Å²) in [5.74, 6) is 1.81. The van der Waals surface area contributed by atoms with E-state index in [1.54, 1.807) is 0 Å². The molecule has 0 aliphatic carbocycles. The molecule has 0 unspecified atom stereocenters. The number of anilines is 6. The van der Waals surface area contributed by atoms with E-state index in [1.165, 1.54) is 32.8 Å². The Kier molecular flexibility index (Phi) is 6.99. The highest BCUT2D eigenvalue weighted by Gasteiger charge is 2.43. The minimum absolute atomic E-state index is 0.00587. The highest BCUT2D eigenvalue weighted by atomic mass is 16.5. The fourth-order valence-corrected chi connectivity index (χ4v) is 9.34. The van der Waals surface area contributed by atoms with Crippen molar-refractivity contribution >= 4 is 89.8 Å². The van der Waals surface area contributed by atoms with Gasteiger partial charge in [0.05, 0.1) is 11.0 Å². The van der Waals surface area contributed by atoms with E-state index < -0.39 is 0 Å². The fraction of sp³-hybridized carbons (Fsp3) is 0. The van der Waals surface area contributed by atoms with Crippen molar-refractivity contribution < 1.29 is 4.74 Å². The molecule has 0 amide bonds. The van der Waals surface area contributed by atoms with Gasteiger partial charge in [-0.2, -0.15) is 0 Å². The van der Waals surface area contributed by atoms with Crippen LogP contribution >= 0.6 is 0 Å². The Balaban J connectivity index is 1.18. The molecule has 10 aromatic rings. The smallest absolute Gasteiger partial charge is 0.256 e. The van der Waals surface area contributed by atoms with Gasteiger partial charge in [0.25, 0.3) is 6.71 Å². The summed E-state index contributed by atoms with van der Waals surface area (Å²) in [5.41, 5.74) is 13.7. The molecule has 4 nitrogen and oxygen atoms in total. The molecule has 266 valence electrons. The van der Waals surface area contributed by atoms with E-state index in [-0.39, 0.29) is 6.71 Å². The van der Waals surface area contributed by atoms with Crippen molar-refractivity contribution in [2.75, 3.05) is 9.80 Å². The Bertz CT molecular complexity index is 3130. The van der Waals surface area contributed by atoms with Gasteiger partial charge in [-0.1, -0.05) is 115 Å². The zero-order valence-electron chi connectivity index (χ0n) is 31.0. The molecule has 0 bridgehead atoms. The Labute approximate surface area is 331 Å². The Morgan fingerprint density at radius 1 is 0.439 bits per heavy atom. The number of fused-ring (bicyclic) bond motifs is 9. The molecule has 2 aliphatic heterocycles. The maximum absolute atomic E-state index is 7.22. The molecule has 0 radical (unpaired) electrons. The van der Waals surface area contributed by atoms with Gasteiger partial charge in [0.15, 0.2) is 0 Å². The standard InChI is InChI=1S/C52H34BN3O/c1-5-17-37(18-6-1)54(38-19-7-2-8-20-38)41-30-29-35-32-42-43-34-48-50-52(51(43)56(40-23-11-4-12-24-40)47(42)33-36(35)31-41)57-49-28-16-14-26-45(49)53(50)44-25-13-15-27-46(44)55(48)39-21-9-3-10-22-39/h1-34H. The molecule has 57 heavy (non-hydrogen) atoms. The van der Waals surface area contributed by atoms with Crippen LogP contribution in [-0.2, 0) is 0 Å². The number of hydrogen-bond donors (Lipinski definition) is 0. The molecule has 5 heteroatoms. The highest BCUT2D eigenvalue weighted by Crippen LogP contribution is 2.48. The van der Waals surface area contributed by atoms with E-state index in [4.69, 9.17) is 4.74 Å². The summed E-state index contributed by atoms with van der Waals surface area (Å²) >= 11 is 0. The van der Waals surface area contributed by atoms with Crippen LogP contribution < -0.4 is 30.9 Å². The van der Waals surface area contributed by atoms with Gasteiger partial charge in [-0.3, -0.25) is 0 Å². The second-order valence-electron chi connectivity index (χ2n) is 14.9. The van der Waals surface area contributed by atoms with Gasteiger partial charge < -0.3 is 19.1 Å². The van der Waals surface area contributed by atoms with Crippen LogP contribution in [0, 0.1) is 0 Å². The van der Waals surface area contributed by atoms with Crippen LogP contribution in [0.2, 0.25) is 0 Å². The van der Waals surface area contributed by atoms with Gasteiger partial charge >= 0.3 is 0 Å². The summed E-state index contributed by atoms with van der Waals surface area (Å²) in [4.78, 5) is 4.76. The van der Waals surface area contributed by atoms with Gasteiger partial charge in [-0.15, -0.1) is 0 Å². The van der Waals surface area contributed by atoms with Crippen LogP contribution in [0.3, 0.4) is 0 Å². The van der Waals surface area contributed by atoms with Crippen molar-refractivity contribution in [1.29, 1.82) is 0 Å². The molecule has 0 saturated carbocycles. The SMILES string of the molecule is c1ccc(N(c2ccccc2)c2ccc3cc4c5cc6c7c(c5n(-c5ccccc5)c4cc3c2)Oc2ccccc2B7c2ccccc2N6c2ccccc2)cc1. The monoisotopic (exact) mass is 727 g/mol.